The van der Waals surface area contributed by atoms with Gasteiger partial charge in [-0.25, -0.2) is 4.98 Å². The van der Waals surface area contributed by atoms with Gasteiger partial charge < -0.3 is 18.9 Å². The van der Waals surface area contributed by atoms with E-state index in [0.717, 1.165) is 23.2 Å². The number of nitrogens with zero attached hydrogens (tertiary/aromatic N) is 3. The van der Waals surface area contributed by atoms with E-state index in [9.17, 15) is 14.4 Å². The zero-order chi connectivity index (χ0) is 20.8. The molecule has 0 spiro atoms. The summed E-state index contributed by atoms with van der Waals surface area (Å²) < 4.78 is 13.2. The Kier molecular flexibility index (Phi) is 4.63. The zero-order valence-electron chi connectivity index (χ0n) is 16.6. The van der Waals surface area contributed by atoms with Crippen LogP contribution in [0.2, 0.25) is 0 Å². The van der Waals surface area contributed by atoms with Crippen LogP contribution in [0.4, 0.5) is 0 Å². The number of piperidine rings is 1. The lowest BCUT2D eigenvalue weighted by Gasteiger charge is -2.29. The summed E-state index contributed by atoms with van der Waals surface area (Å²) in [4.78, 5) is 42.7. The molecule has 2 fully saturated rings. The van der Waals surface area contributed by atoms with E-state index in [1.54, 1.807) is 11.0 Å². The van der Waals surface area contributed by atoms with E-state index in [2.05, 4.69) is 5.32 Å². The second kappa shape index (κ2) is 7.33. The molecular formula is C21H22N4O5. The molecule has 156 valence electrons. The van der Waals surface area contributed by atoms with Gasteiger partial charge in [-0.3, -0.25) is 19.7 Å². The predicted octanol–water partition coefficient (Wildman–Crippen LogP) is 1.28. The van der Waals surface area contributed by atoms with Crippen molar-refractivity contribution in [1.82, 2.24) is 19.8 Å². The van der Waals surface area contributed by atoms with Crippen molar-refractivity contribution in [2.24, 2.45) is 7.05 Å². The molecular weight excluding hydrogens is 388 g/mol. The SMILES string of the molecule is Cn1cc(-c2ccc3c(c2)CN(C2CCC(=O)NC2=O)C3=O)nc1C1OCCCO1. The van der Waals surface area contributed by atoms with Gasteiger partial charge in [0.1, 0.15) is 6.04 Å². The molecule has 3 aliphatic heterocycles. The quantitative estimate of drug-likeness (QED) is 0.765. The highest BCUT2D eigenvalue weighted by molar-refractivity contribution is 6.05. The predicted molar refractivity (Wildman–Crippen MR) is 104 cm³/mol. The second-order valence-electron chi connectivity index (χ2n) is 7.79. The maximum atomic E-state index is 12.8. The average molecular weight is 410 g/mol. The number of benzene rings is 1. The van der Waals surface area contributed by atoms with E-state index < -0.39 is 18.2 Å². The van der Waals surface area contributed by atoms with Crippen LogP contribution in [0.15, 0.2) is 24.4 Å². The van der Waals surface area contributed by atoms with Crippen LogP contribution in [-0.4, -0.2) is 51.4 Å². The number of imidazole rings is 1. The van der Waals surface area contributed by atoms with Gasteiger partial charge in [-0.15, -0.1) is 0 Å². The summed E-state index contributed by atoms with van der Waals surface area (Å²) in [5, 5.41) is 2.32. The van der Waals surface area contributed by atoms with Crippen molar-refractivity contribution in [2.45, 2.75) is 38.1 Å². The van der Waals surface area contributed by atoms with E-state index in [-0.39, 0.29) is 18.2 Å². The standard InChI is InChI=1S/C21H22N4O5/c1-24-11-15(22-18(24)21-29-7-2-8-30-21)12-3-4-14-13(9-12)10-25(20(14)28)16-5-6-17(26)23-19(16)27/h3-4,9,11,16,21H,2,5-8,10H2,1H3,(H,23,26,27). The first kappa shape index (κ1) is 19.0. The van der Waals surface area contributed by atoms with Gasteiger partial charge >= 0.3 is 0 Å². The topological polar surface area (TPSA) is 103 Å². The van der Waals surface area contributed by atoms with Crippen molar-refractivity contribution < 1.29 is 23.9 Å². The largest absolute Gasteiger partial charge is 0.346 e. The lowest BCUT2D eigenvalue weighted by atomic mass is 10.0. The van der Waals surface area contributed by atoms with Crippen molar-refractivity contribution in [1.29, 1.82) is 0 Å². The minimum absolute atomic E-state index is 0.184. The van der Waals surface area contributed by atoms with Crippen LogP contribution in [0, 0.1) is 0 Å². The summed E-state index contributed by atoms with van der Waals surface area (Å²) in [5.74, 6) is -0.183. The molecule has 3 aliphatic rings. The number of carbonyl (C=O) groups is 3. The molecule has 0 aliphatic carbocycles. The van der Waals surface area contributed by atoms with Crippen LogP contribution >= 0.6 is 0 Å². The fourth-order valence-corrected chi connectivity index (χ4v) is 4.21. The molecule has 9 heteroatoms. The highest BCUT2D eigenvalue weighted by Gasteiger charge is 2.39. The fraction of sp³-hybridized carbons (Fsp3) is 0.429. The Labute approximate surface area is 173 Å². The number of ether oxygens (including phenoxy) is 2. The molecule has 0 bridgehead atoms. The Morgan fingerprint density at radius 1 is 1.17 bits per heavy atom. The normalized spacial score (nSPS) is 22.4. The molecule has 1 N–H and O–H groups in total. The van der Waals surface area contributed by atoms with E-state index in [1.807, 2.05) is 29.9 Å². The van der Waals surface area contributed by atoms with Crippen molar-refractivity contribution in [3.05, 3.63) is 41.3 Å². The lowest BCUT2D eigenvalue weighted by Crippen LogP contribution is -2.52. The van der Waals surface area contributed by atoms with Gasteiger partial charge in [-0.2, -0.15) is 0 Å². The molecule has 1 aromatic carbocycles. The van der Waals surface area contributed by atoms with Gasteiger partial charge in [0.05, 0.1) is 18.9 Å². The number of hydrogen-bond acceptors (Lipinski definition) is 6. The molecule has 0 saturated carbocycles. The number of aryl methyl sites for hydroxylation is 1. The maximum Gasteiger partial charge on any atom is 0.255 e. The number of carbonyl (C=O) groups excluding carboxylic acids is 3. The first-order chi connectivity index (χ1) is 14.5. The summed E-state index contributed by atoms with van der Waals surface area (Å²) in [7, 11) is 1.90. The van der Waals surface area contributed by atoms with Crippen LogP contribution in [0.1, 0.15) is 47.3 Å². The molecule has 30 heavy (non-hydrogen) atoms. The van der Waals surface area contributed by atoms with Gasteiger partial charge in [0.15, 0.2) is 5.82 Å². The Balaban J connectivity index is 1.40. The zero-order valence-corrected chi connectivity index (χ0v) is 16.6. The molecule has 1 atom stereocenters. The van der Waals surface area contributed by atoms with Crippen molar-refractivity contribution in [3.8, 4) is 11.3 Å². The second-order valence-corrected chi connectivity index (χ2v) is 7.79. The van der Waals surface area contributed by atoms with Crippen LogP contribution in [0.3, 0.4) is 0 Å². The molecule has 3 amide bonds. The van der Waals surface area contributed by atoms with E-state index in [0.29, 0.717) is 37.6 Å². The smallest absolute Gasteiger partial charge is 0.255 e. The minimum Gasteiger partial charge on any atom is -0.346 e. The number of aromatic nitrogens is 2. The monoisotopic (exact) mass is 410 g/mol. The van der Waals surface area contributed by atoms with E-state index in [1.165, 1.54) is 0 Å². The molecule has 5 rings (SSSR count). The summed E-state index contributed by atoms with van der Waals surface area (Å²) in [6.45, 7) is 1.62. The highest BCUT2D eigenvalue weighted by atomic mass is 16.7. The number of fused-ring (bicyclic) bond motifs is 1. The summed E-state index contributed by atoms with van der Waals surface area (Å²) in [5.41, 5.74) is 3.07. The van der Waals surface area contributed by atoms with E-state index in [4.69, 9.17) is 14.5 Å². The Morgan fingerprint density at radius 2 is 1.97 bits per heavy atom. The van der Waals surface area contributed by atoms with Gasteiger partial charge in [0, 0.05) is 37.3 Å². The number of amides is 3. The van der Waals surface area contributed by atoms with Crippen molar-refractivity contribution in [3.63, 3.8) is 0 Å². The summed E-state index contributed by atoms with van der Waals surface area (Å²) >= 11 is 0. The van der Waals surface area contributed by atoms with Crippen molar-refractivity contribution >= 4 is 17.7 Å². The van der Waals surface area contributed by atoms with Gasteiger partial charge in [-0.1, -0.05) is 6.07 Å². The molecule has 1 aromatic heterocycles. The van der Waals surface area contributed by atoms with Gasteiger partial charge in [-0.05, 0) is 30.5 Å². The molecule has 2 aromatic rings. The minimum atomic E-state index is -0.617. The Bertz CT molecular complexity index is 1040. The van der Waals surface area contributed by atoms with Gasteiger partial charge in [0.25, 0.3) is 5.91 Å². The third-order valence-corrected chi connectivity index (χ3v) is 5.77. The molecule has 0 radical (unpaired) electrons. The molecule has 1 unspecified atom stereocenters. The first-order valence-electron chi connectivity index (χ1n) is 10.1. The van der Waals surface area contributed by atoms with Crippen LogP contribution in [-0.2, 0) is 32.7 Å². The van der Waals surface area contributed by atoms with Crippen LogP contribution in [0.25, 0.3) is 11.3 Å². The third-order valence-electron chi connectivity index (χ3n) is 5.77. The number of hydrogen-bond donors (Lipinski definition) is 1. The molecule has 9 nitrogen and oxygen atoms in total. The molecule has 4 heterocycles. The first-order valence-corrected chi connectivity index (χ1v) is 10.1. The lowest BCUT2D eigenvalue weighted by molar-refractivity contribution is -0.188. The van der Waals surface area contributed by atoms with Gasteiger partial charge in [0.2, 0.25) is 18.1 Å². The van der Waals surface area contributed by atoms with Crippen LogP contribution in [0.5, 0.6) is 0 Å². The highest BCUT2D eigenvalue weighted by Crippen LogP contribution is 2.32. The average Bonchev–Trinajstić information content (AvgIpc) is 3.29. The Morgan fingerprint density at radius 3 is 2.73 bits per heavy atom. The summed E-state index contributed by atoms with van der Waals surface area (Å²) in [6, 6.07) is 4.96. The summed E-state index contributed by atoms with van der Waals surface area (Å²) in [6.07, 6.45) is 2.90. The third kappa shape index (κ3) is 3.20. The number of imide groups is 1. The fourth-order valence-electron chi connectivity index (χ4n) is 4.21. The Hall–Kier alpha value is -3.04. The molecule has 2 saturated heterocycles. The van der Waals surface area contributed by atoms with Crippen molar-refractivity contribution in [2.75, 3.05) is 13.2 Å². The maximum absolute atomic E-state index is 12.8. The van der Waals surface area contributed by atoms with Crippen LogP contribution < -0.4 is 5.32 Å². The van der Waals surface area contributed by atoms with E-state index >= 15 is 0 Å². The number of nitrogens with one attached hydrogen (secondary N) is 1. The number of rotatable bonds is 3.